The molecule has 0 aliphatic heterocycles. The van der Waals surface area contributed by atoms with Gasteiger partial charge in [0.2, 0.25) is 5.88 Å². The van der Waals surface area contributed by atoms with E-state index in [-0.39, 0.29) is 12.1 Å². The van der Waals surface area contributed by atoms with Gasteiger partial charge in [-0.05, 0) is 80.0 Å². The van der Waals surface area contributed by atoms with E-state index in [1.807, 2.05) is 11.3 Å². The number of rotatable bonds is 5. The summed E-state index contributed by atoms with van der Waals surface area (Å²) in [6, 6.07) is 0. The molecule has 1 heterocycles. The van der Waals surface area contributed by atoms with Crippen molar-refractivity contribution in [3.05, 3.63) is 22.0 Å². The van der Waals surface area contributed by atoms with Gasteiger partial charge in [-0.2, -0.15) is 0 Å². The summed E-state index contributed by atoms with van der Waals surface area (Å²) in [6.07, 6.45) is 13.2. The highest BCUT2D eigenvalue weighted by molar-refractivity contribution is 7.09. The predicted octanol–water partition coefficient (Wildman–Crippen LogP) is 6.91. The molecule has 0 saturated heterocycles. The third kappa shape index (κ3) is 3.63. The Bertz CT molecular complexity index is 893. The Labute approximate surface area is 197 Å². The quantitative estimate of drug-likeness (QED) is 0.356. The normalized spacial score (nSPS) is 40.6. The molecule has 4 aliphatic rings. The Morgan fingerprint density at radius 1 is 1.19 bits per heavy atom. The van der Waals surface area contributed by atoms with Gasteiger partial charge in [0, 0.05) is 19.3 Å². The molecular weight excluding hydrogens is 418 g/mol. The fraction of sp³-hybridized carbons (Fsp3) is 0.778. The number of hydrogen-bond donors (Lipinski definition) is 0. The van der Waals surface area contributed by atoms with Crippen LogP contribution in [0.1, 0.15) is 96.4 Å². The maximum atomic E-state index is 11.5. The highest BCUT2D eigenvalue weighted by Crippen LogP contribution is 2.68. The van der Waals surface area contributed by atoms with Gasteiger partial charge in [-0.15, -0.1) is 11.3 Å². The van der Waals surface area contributed by atoms with Crippen molar-refractivity contribution in [2.45, 2.75) is 97.5 Å². The van der Waals surface area contributed by atoms with E-state index in [4.69, 9.17) is 14.5 Å². The first-order chi connectivity index (χ1) is 15.3. The first-order valence-electron chi connectivity index (χ1n) is 12.8. The van der Waals surface area contributed by atoms with Crippen molar-refractivity contribution in [3.63, 3.8) is 0 Å². The third-order valence-electron chi connectivity index (χ3n) is 9.64. The fourth-order valence-corrected chi connectivity index (χ4v) is 9.11. The van der Waals surface area contributed by atoms with E-state index in [0.717, 1.165) is 55.9 Å². The molecule has 0 spiro atoms. The summed E-state index contributed by atoms with van der Waals surface area (Å²) in [5, 5.41) is 3.42. The first kappa shape index (κ1) is 22.4. The molecule has 32 heavy (non-hydrogen) atoms. The van der Waals surface area contributed by atoms with Gasteiger partial charge in [0.15, 0.2) is 0 Å². The van der Waals surface area contributed by atoms with Gasteiger partial charge in [-0.1, -0.05) is 32.4 Å². The van der Waals surface area contributed by atoms with Crippen molar-refractivity contribution in [3.8, 4) is 5.88 Å². The van der Waals surface area contributed by atoms with Crippen molar-refractivity contribution in [1.29, 1.82) is 0 Å². The van der Waals surface area contributed by atoms with Gasteiger partial charge in [0.25, 0.3) is 0 Å². The Morgan fingerprint density at radius 3 is 2.81 bits per heavy atom. The van der Waals surface area contributed by atoms with Crippen LogP contribution < -0.4 is 4.74 Å². The van der Waals surface area contributed by atoms with Crippen LogP contribution in [0.2, 0.25) is 0 Å². The van der Waals surface area contributed by atoms with E-state index < -0.39 is 0 Å². The smallest absolute Gasteiger partial charge is 0.302 e. The monoisotopic (exact) mass is 457 g/mol. The topological polar surface area (TPSA) is 48.4 Å². The Hall–Kier alpha value is -1.36. The SMILES string of the molecule is CCCOc1csc([C@H]2CC[C@H]3[C@@H]4CC=C5C[C@@H](OC(C)=O)CC[C@]5(C)[C@H]4CC[C@]23C)n1. The molecule has 1 aromatic heterocycles. The van der Waals surface area contributed by atoms with Crippen molar-refractivity contribution in [1.82, 2.24) is 4.98 Å². The van der Waals surface area contributed by atoms with Crippen LogP contribution in [-0.4, -0.2) is 23.7 Å². The van der Waals surface area contributed by atoms with E-state index in [1.165, 1.54) is 37.1 Å². The van der Waals surface area contributed by atoms with Crippen molar-refractivity contribution in [2.75, 3.05) is 6.61 Å². The largest absolute Gasteiger partial charge is 0.477 e. The summed E-state index contributed by atoms with van der Waals surface area (Å²) in [5.41, 5.74) is 2.23. The lowest BCUT2D eigenvalue weighted by Gasteiger charge is -2.58. The molecule has 3 saturated carbocycles. The lowest BCUT2D eigenvalue weighted by atomic mass is 9.47. The zero-order valence-corrected chi connectivity index (χ0v) is 21.0. The highest BCUT2D eigenvalue weighted by Gasteiger charge is 2.59. The summed E-state index contributed by atoms with van der Waals surface area (Å²) in [5.74, 6) is 3.62. The highest BCUT2D eigenvalue weighted by atomic mass is 32.1. The number of carbonyl (C=O) groups excluding carboxylic acids is 1. The summed E-state index contributed by atoms with van der Waals surface area (Å²) in [7, 11) is 0. The molecule has 0 bridgehead atoms. The fourth-order valence-electron chi connectivity index (χ4n) is 8.07. The molecule has 3 fully saturated rings. The number of fused-ring (bicyclic) bond motifs is 5. The predicted molar refractivity (Wildman–Crippen MR) is 128 cm³/mol. The van der Waals surface area contributed by atoms with E-state index in [1.54, 1.807) is 12.5 Å². The maximum Gasteiger partial charge on any atom is 0.302 e. The van der Waals surface area contributed by atoms with Gasteiger partial charge in [-0.3, -0.25) is 4.79 Å². The lowest BCUT2D eigenvalue weighted by molar-refractivity contribution is -0.148. The minimum Gasteiger partial charge on any atom is -0.477 e. The number of esters is 1. The van der Waals surface area contributed by atoms with Crippen LogP contribution in [0.15, 0.2) is 17.0 Å². The van der Waals surface area contributed by atoms with Gasteiger partial charge < -0.3 is 9.47 Å². The number of aromatic nitrogens is 1. The summed E-state index contributed by atoms with van der Waals surface area (Å²) >= 11 is 1.81. The molecule has 5 heteroatoms. The van der Waals surface area contributed by atoms with Crippen molar-refractivity contribution < 1.29 is 14.3 Å². The lowest BCUT2D eigenvalue weighted by Crippen LogP contribution is -2.50. The zero-order valence-electron chi connectivity index (χ0n) is 20.2. The van der Waals surface area contributed by atoms with Gasteiger partial charge in [-0.25, -0.2) is 4.98 Å². The van der Waals surface area contributed by atoms with Gasteiger partial charge in [0.1, 0.15) is 11.1 Å². The maximum absolute atomic E-state index is 11.5. The van der Waals surface area contributed by atoms with E-state index in [2.05, 4.69) is 32.2 Å². The zero-order chi connectivity index (χ0) is 22.5. The molecule has 0 N–H and O–H groups in total. The van der Waals surface area contributed by atoms with E-state index >= 15 is 0 Å². The molecule has 4 aliphatic carbocycles. The second-order valence-electron chi connectivity index (χ2n) is 11.3. The van der Waals surface area contributed by atoms with Crippen LogP contribution in [-0.2, 0) is 9.53 Å². The molecule has 176 valence electrons. The molecule has 0 aromatic carbocycles. The van der Waals surface area contributed by atoms with Crippen LogP contribution in [0.25, 0.3) is 0 Å². The number of ether oxygens (including phenoxy) is 2. The average Bonchev–Trinajstić information content (AvgIpc) is 3.35. The molecule has 0 radical (unpaired) electrons. The van der Waals surface area contributed by atoms with Crippen molar-refractivity contribution >= 4 is 17.3 Å². The minimum atomic E-state index is -0.135. The minimum absolute atomic E-state index is 0.0853. The Balaban J connectivity index is 1.35. The van der Waals surface area contributed by atoms with E-state index in [9.17, 15) is 4.79 Å². The Morgan fingerprint density at radius 2 is 2.03 bits per heavy atom. The molecule has 1 aromatic rings. The molecule has 0 unspecified atom stereocenters. The number of hydrogen-bond acceptors (Lipinski definition) is 5. The van der Waals surface area contributed by atoms with Crippen LogP contribution in [0.4, 0.5) is 0 Å². The van der Waals surface area contributed by atoms with Gasteiger partial charge in [0.05, 0.1) is 12.0 Å². The molecule has 4 nitrogen and oxygen atoms in total. The first-order valence-corrected chi connectivity index (χ1v) is 13.7. The molecule has 5 rings (SSSR count). The average molecular weight is 458 g/mol. The van der Waals surface area contributed by atoms with Crippen molar-refractivity contribution in [2.24, 2.45) is 28.6 Å². The third-order valence-corrected chi connectivity index (χ3v) is 10.6. The molecule has 7 atom stereocenters. The number of carbonyl (C=O) groups is 1. The van der Waals surface area contributed by atoms with E-state index in [0.29, 0.717) is 16.7 Å². The second kappa shape index (κ2) is 8.45. The molecular formula is C27H39NO3S. The Kier molecular flexibility index (Phi) is 5.92. The van der Waals surface area contributed by atoms with Gasteiger partial charge >= 0.3 is 5.97 Å². The summed E-state index contributed by atoms with van der Waals surface area (Å²) in [6.45, 7) is 9.52. The van der Waals surface area contributed by atoms with Crippen LogP contribution in [0.5, 0.6) is 5.88 Å². The number of thiazole rings is 1. The standard InChI is InChI=1S/C27H39NO3S/c1-5-14-30-24-16-32-25(28-24)23-9-8-21-20-7-6-18-15-19(31-17(2)29)10-12-26(18,3)22(20)11-13-27(21,23)4/h6,16,19-23H,5,7-15H2,1-4H3/t19-,20-,21-,22-,23+,26-,27-/m0/s1. The number of allylic oxidation sites excluding steroid dienone is 1. The van der Waals surface area contributed by atoms with Crippen LogP contribution in [0.3, 0.4) is 0 Å². The van der Waals surface area contributed by atoms with Crippen LogP contribution >= 0.6 is 11.3 Å². The van der Waals surface area contributed by atoms with Crippen LogP contribution in [0, 0.1) is 28.6 Å². The number of nitrogens with zero attached hydrogens (tertiary/aromatic N) is 1. The summed E-state index contributed by atoms with van der Waals surface area (Å²) in [4.78, 5) is 16.4. The second-order valence-corrected chi connectivity index (χ2v) is 12.2. The summed E-state index contributed by atoms with van der Waals surface area (Å²) < 4.78 is 11.4. The molecule has 0 amide bonds.